The Morgan fingerprint density at radius 1 is 1.07 bits per heavy atom. The van der Waals surface area contributed by atoms with Crippen LogP contribution in [0.3, 0.4) is 0 Å². The van der Waals surface area contributed by atoms with Crippen LogP contribution in [0, 0.1) is 22.0 Å². The second kappa shape index (κ2) is 14.9. The molecule has 1 aliphatic heterocycles. The average molecular weight is 558 g/mol. The number of nitro groups is 1. The monoisotopic (exact) mass is 557 g/mol. The molecular weight excluding hydrogens is 510 g/mol. The molecule has 1 unspecified atom stereocenters. The van der Waals surface area contributed by atoms with Gasteiger partial charge in [0.15, 0.2) is 0 Å². The van der Waals surface area contributed by atoms with Crippen LogP contribution >= 0.6 is 0 Å². The first-order valence-electron chi connectivity index (χ1n) is 14.3. The number of non-ortho nitro benzene ring substituents is 1. The predicted molar refractivity (Wildman–Crippen MR) is 156 cm³/mol. The van der Waals surface area contributed by atoms with Gasteiger partial charge in [0.25, 0.3) is 5.69 Å². The zero-order chi connectivity index (χ0) is 30.1. The predicted octanol–water partition coefficient (Wildman–Crippen LogP) is 4.04. The summed E-state index contributed by atoms with van der Waals surface area (Å²) in [6.07, 6.45) is 4.63. The van der Waals surface area contributed by atoms with Crippen LogP contribution in [-0.2, 0) is 20.9 Å². The molecule has 1 saturated heterocycles. The van der Waals surface area contributed by atoms with Gasteiger partial charge < -0.3 is 15.5 Å². The Hall–Kier alpha value is -3.27. The van der Waals surface area contributed by atoms with Gasteiger partial charge in [-0.1, -0.05) is 52.3 Å². The van der Waals surface area contributed by atoms with Gasteiger partial charge in [-0.05, 0) is 57.6 Å². The number of benzene rings is 1. The molecule has 3 atom stereocenters. The van der Waals surface area contributed by atoms with E-state index >= 15 is 0 Å². The van der Waals surface area contributed by atoms with Crippen LogP contribution in [0.4, 0.5) is 5.69 Å². The third-order valence-corrected chi connectivity index (χ3v) is 7.60. The van der Waals surface area contributed by atoms with Crippen molar-refractivity contribution in [2.75, 3.05) is 13.6 Å². The van der Waals surface area contributed by atoms with E-state index in [-0.39, 0.29) is 59.9 Å². The quantitative estimate of drug-likeness (QED) is 0.227. The molecule has 3 amide bonds. The molecule has 1 aliphatic rings. The molecule has 0 aliphatic carbocycles. The number of likely N-dealkylation sites (N-methyl/N-ethyl adjacent to an activating group) is 1. The molecule has 40 heavy (non-hydrogen) atoms. The highest BCUT2D eigenvalue weighted by Crippen LogP contribution is 2.21. The molecular formula is C30H47N5O5. The normalized spacial score (nSPS) is 18.0. The first kappa shape index (κ1) is 32.9. The van der Waals surface area contributed by atoms with Crippen molar-refractivity contribution in [3.63, 3.8) is 0 Å². The van der Waals surface area contributed by atoms with Gasteiger partial charge >= 0.3 is 0 Å². The van der Waals surface area contributed by atoms with Crippen molar-refractivity contribution in [2.45, 2.75) is 98.4 Å². The number of likely N-dealkylation sites (tertiary alicyclic amines) is 1. The molecule has 1 heterocycles. The summed E-state index contributed by atoms with van der Waals surface area (Å²) in [6, 6.07) is 4.98. The third-order valence-electron chi connectivity index (χ3n) is 7.60. The topological polar surface area (TPSA) is 125 Å². The lowest BCUT2D eigenvalue weighted by molar-refractivity contribution is -0.384. The van der Waals surface area contributed by atoms with E-state index in [4.69, 9.17) is 0 Å². The number of nitrogens with zero attached hydrogens (tertiary/aromatic N) is 3. The number of hydrogen-bond acceptors (Lipinski definition) is 6. The van der Waals surface area contributed by atoms with Crippen molar-refractivity contribution < 1.29 is 19.3 Å². The summed E-state index contributed by atoms with van der Waals surface area (Å²) in [5, 5.41) is 16.7. The Kier molecular flexibility index (Phi) is 12.3. The molecule has 0 bridgehead atoms. The zero-order valence-electron chi connectivity index (χ0n) is 25.3. The molecule has 0 saturated carbocycles. The fraction of sp³-hybridized carbons (Fsp3) is 0.633. The van der Waals surface area contributed by atoms with Crippen LogP contribution in [0.2, 0.25) is 0 Å². The van der Waals surface area contributed by atoms with Crippen molar-refractivity contribution >= 4 is 23.4 Å². The van der Waals surface area contributed by atoms with Gasteiger partial charge in [0.05, 0.1) is 17.0 Å². The number of nitro benzene ring substituents is 1. The molecule has 1 aromatic rings. The second-order valence-corrected chi connectivity index (χ2v) is 11.7. The summed E-state index contributed by atoms with van der Waals surface area (Å²) in [5.41, 5.74) is 1.19. The van der Waals surface area contributed by atoms with Gasteiger partial charge in [0, 0.05) is 37.3 Å². The molecule has 222 valence electrons. The van der Waals surface area contributed by atoms with Crippen molar-refractivity contribution in [1.29, 1.82) is 0 Å². The first-order chi connectivity index (χ1) is 18.7. The summed E-state index contributed by atoms with van der Waals surface area (Å²) < 4.78 is 0. The van der Waals surface area contributed by atoms with Gasteiger partial charge in [-0.3, -0.25) is 29.4 Å². The Bertz CT molecular complexity index is 1070. The van der Waals surface area contributed by atoms with Crippen molar-refractivity contribution in [3.05, 3.63) is 51.6 Å². The number of rotatable bonds is 12. The highest BCUT2D eigenvalue weighted by Gasteiger charge is 2.36. The molecule has 1 aromatic carbocycles. The molecule has 10 nitrogen and oxygen atoms in total. The maximum Gasteiger partial charge on any atom is 0.269 e. The molecule has 0 aromatic heterocycles. The standard InChI is InChI=1S/C30H47N5O5/c1-19(2)26(17-22(7)28(36)31-18-23-12-14-24(15-13-23)35(39)40)33(8)30(38)27(20(3)4)32-29(37)25-11-9-10-16-34(25)21(5)6/h12-15,17,19-21,25-27H,9-11,16,18H2,1-8H3,(H,31,36)(H,32,37)/t25?,26-,27+/m1/s1. The minimum Gasteiger partial charge on any atom is -0.348 e. The van der Waals surface area contributed by atoms with Crippen LogP contribution in [0.5, 0.6) is 0 Å². The molecule has 1 fully saturated rings. The fourth-order valence-corrected chi connectivity index (χ4v) is 5.12. The Labute approximate surface area is 238 Å². The lowest BCUT2D eigenvalue weighted by Crippen LogP contribution is -2.58. The van der Waals surface area contributed by atoms with Gasteiger partial charge in [-0.2, -0.15) is 0 Å². The van der Waals surface area contributed by atoms with Crippen LogP contribution in [0.15, 0.2) is 35.9 Å². The van der Waals surface area contributed by atoms with E-state index in [1.807, 2.05) is 27.7 Å². The Morgan fingerprint density at radius 3 is 2.23 bits per heavy atom. The first-order valence-corrected chi connectivity index (χ1v) is 14.3. The summed E-state index contributed by atoms with van der Waals surface area (Å²) in [5.74, 6) is -0.677. The highest BCUT2D eigenvalue weighted by atomic mass is 16.6. The summed E-state index contributed by atoms with van der Waals surface area (Å²) in [7, 11) is 1.72. The minimum absolute atomic E-state index is 0.00878. The number of carbonyl (C=O) groups excluding carboxylic acids is 3. The second-order valence-electron chi connectivity index (χ2n) is 11.7. The Morgan fingerprint density at radius 2 is 1.70 bits per heavy atom. The van der Waals surface area contributed by atoms with E-state index in [0.29, 0.717) is 5.57 Å². The minimum atomic E-state index is -0.681. The smallest absolute Gasteiger partial charge is 0.269 e. The molecule has 0 spiro atoms. The average Bonchev–Trinajstić information content (AvgIpc) is 2.91. The fourth-order valence-electron chi connectivity index (χ4n) is 5.12. The van der Waals surface area contributed by atoms with Crippen molar-refractivity contribution in [3.8, 4) is 0 Å². The van der Waals surface area contributed by atoms with E-state index in [2.05, 4.69) is 29.4 Å². The largest absolute Gasteiger partial charge is 0.348 e. The maximum absolute atomic E-state index is 13.7. The molecule has 2 rings (SSSR count). The zero-order valence-corrected chi connectivity index (χ0v) is 25.3. The van der Waals surface area contributed by atoms with Crippen molar-refractivity contribution in [2.24, 2.45) is 11.8 Å². The number of nitrogens with one attached hydrogen (secondary N) is 2. The van der Waals surface area contributed by atoms with Crippen LogP contribution in [0.25, 0.3) is 0 Å². The van der Waals surface area contributed by atoms with Crippen molar-refractivity contribution in [1.82, 2.24) is 20.4 Å². The summed E-state index contributed by atoms with van der Waals surface area (Å²) in [6.45, 7) is 14.8. The molecule has 0 radical (unpaired) electrons. The SMILES string of the molecule is CC(=C[C@H](C(C)C)N(C)C(=O)[C@@H](NC(=O)C1CCCCN1C(C)C)C(C)C)C(=O)NCc1ccc([N+](=O)[O-])cc1. The summed E-state index contributed by atoms with van der Waals surface area (Å²) in [4.78, 5) is 54.1. The van der Waals surface area contributed by atoms with Crippen LogP contribution in [-0.4, -0.2) is 70.2 Å². The highest BCUT2D eigenvalue weighted by molar-refractivity contribution is 5.93. The number of amides is 3. The van der Waals surface area contributed by atoms with E-state index < -0.39 is 11.0 Å². The van der Waals surface area contributed by atoms with Gasteiger partial charge in [-0.15, -0.1) is 0 Å². The van der Waals surface area contributed by atoms with E-state index in [1.54, 1.807) is 37.1 Å². The third kappa shape index (κ3) is 8.87. The van der Waals surface area contributed by atoms with Crippen LogP contribution < -0.4 is 10.6 Å². The summed E-state index contributed by atoms with van der Waals surface area (Å²) >= 11 is 0. The lowest BCUT2D eigenvalue weighted by Gasteiger charge is -2.39. The lowest BCUT2D eigenvalue weighted by atomic mass is 9.95. The Balaban J connectivity index is 2.12. The molecule has 2 N–H and O–H groups in total. The van der Waals surface area contributed by atoms with Gasteiger partial charge in [0.1, 0.15) is 6.04 Å². The number of carbonyl (C=O) groups is 3. The number of hydrogen-bond donors (Lipinski definition) is 2. The number of piperidine rings is 1. The van der Waals surface area contributed by atoms with E-state index in [1.165, 1.54) is 12.1 Å². The van der Waals surface area contributed by atoms with E-state index in [9.17, 15) is 24.5 Å². The van der Waals surface area contributed by atoms with Gasteiger partial charge in [0.2, 0.25) is 17.7 Å². The maximum atomic E-state index is 13.7. The van der Waals surface area contributed by atoms with Gasteiger partial charge in [-0.25, -0.2) is 0 Å². The van der Waals surface area contributed by atoms with E-state index in [0.717, 1.165) is 31.4 Å². The molecule has 10 heteroatoms. The van der Waals surface area contributed by atoms with Crippen LogP contribution in [0.1, 0.15) is 73.3 Å².